The van der Waals surface area contributed by atoms with E-state index in [1.807, 2.05) is 54.6 Å². The van der Waals surface area contributed by atoms with Crippen molar-refractivity contribution in [2.45, 2.75) is 25.2 Å². The first-order valence-corrected chi connectivity index (χ1v) is 10.3. The van der Waals surface area contributed by atoms with Crippen LogP contribution >= 0.6 is 0 Å². The molecule has 2 aliphatic rings. The van der Waals surface area contributed by atoms with Gasteiger partial charge in [0.1, 0.15) is 17.1 Å². The minimum absolute atomic E-state index is 0.0926. The lowest BCUT2D eigenvalue weighted by molar-refractivity contribution is -0.121. The Kier molecular flexibility index (Phi) is 4.29. The summed E-state index contributed by atoms with van der Waals surface area (Å²) in [5, 5.41) is 17.5. The molecule has 7 nitrogen and oxygen atoms in total. The molecule has 1 aromatic heterocycles. The van der Waals surface area contributed by atoms with Gasteiger partial charge in [-0.25, -0.2) is 0 Å². The van der Waals surface area contributed by atoms with Gasteiger partial charge in [-0.2, -0.15) is 5.26 Å². The van der Waals surface area contributed by atoms with Crippen LogP contribution in [0.25, 0.3) is 11.3 Å². The molecule has 1 unspecified atom stereocenters. The molecule has 0 radical (unpaired) electrons. The molecule has 31 heavy (non-hydrogen) atoms. The van der Waals surface area contributed by atoms with Crippen molar-refractivity contribution in [2.75, 3.05) is 11.4 Å². The highest BCUT2D eigenvalue weighted by molar-refractivity contribution is 6.15. The van der Waals surface area contributed by atoms with Crippen molar-refractivity contribution in [3.63, 3.8) is 0 Å². The van der Waals surface area contributed by atoms with Crippen LogP contribution in [0.1, 0.15) is 30.9 Å². The molecule has 0 fully saturated rings. The second-order valence-electron chi connectivity index (χ2n) is 7.68. The summed E-state index contributed by atoms with van der Waals surface area (Å²) in [5.74, 6) is -0.0813. The molecule has 2 aromatic carbocycles. The highest BCUT2D eigenvalue weighted by Crippen LogP contribution is 2.56. The zero-order valence-electron chi connectivity index (χ0n) is 17.1. The van der Waals surface area contributed by atoms with E-state index in [1.165, 1.54) is 0 Å². The predicted molar refractivity (Wildman–Crippen MR) is 116 cm³/mol. The van der Waals surface area contributed by atoms with E-state index in [1.54, 1.807) is 4.90 Å². The molecule has 2 aliphatic heterocycles. The van der Waals surface area contributed by atoms with E-state index in [0.717, 1.165) is 29.7 Å². The Labute approximate surface area is 179 Å². The van der Waals surface area contributed by atoms with E-state index in [9.17, 15) is 10.1 Å². The van der Waals surface area contributed by atoms with Gasteiger partial charge < -0.3 is 15.4 Å². The van der Waals surface area contributed by atoms with Crippen LogP contribution in [0.15, 0.2) is 66.1 Å². The van der Waals surface area contributed by atoms with Crippen LogP contribution in [0.4, 0.5) is 5.69 Å². The van der Waals surface area contributed by atoms with Crippen molar-refractivity contribution in [2.24, 2.45) is 5.73 Å². The van der Waals surface area contributed by atoms with Crippen molar-refractivity contribution in [1.29, 1.82) is 5.26 Å². The molecule has 3 heterocycles. The Balaban J connectivity index is 1.86. The number of hydrogen-bond donors (Lipinski definition) is 2. The Hall–Kier alpha value is -4.05. The number of carbonyl (C=O) groups excluding carboxylic acids is 1. The second-order valence-corrected chi connectivity index (χ2v) is 7.68. The number of nitrogens with two attached hydrogens (primary N) is 1. The summed E-state index contributed by atoms with van der Waals surface area (Å²) < 4.78 is 5.73. The van der Waals surface area contributed by atoms with Crippen LogP contribution in [0.2, 0.25) is 0 Å². The average molecular weight is 411 g/mol. The third-order valence-electron chi connectivity index (χ3n) is 6.01. The van der Waals surface area contributed by atoms with E-state index < -0.39 is 5.41 Å². The lowest BCUT2D eigenvalue weighted by Crippen LogP contribution is -2.46. The van der Waals surface area contributed by atoms with Gasteiger partial charge >= 0.3 is 0 Å². The van der Waals surface area contributed by atoms with Crippen LogP contribution in [-0.4, -0.2) is 22.6 Å². The number of para-hydroxylation sites is 1. The summed E-state index contributed by atoms with van der Waals surface area (Å²) in [6, 6.07) is 19.4. The minimum Gasteiger partial charge on any atom is -0.420 e. The summed E-state index contributed by atoms with van der Waals surface area (Å²) >= 11 is 0. The first kappa shape index (κ1) is 18.9. The number of nitriles is 1. The summed E-state index contributed by atoms with van der Waals surface area (Å²) in [4.78, 5) is 16.0. The molecule has 0 bridgehead atoms. The van der Waals surface area contributed by atoms with Crippen LogP contribution in [0.3, 0.4) is 0 Å². The maximum Gasteiger partial charge on any atom is 0.247 e. The topological polar surface area (TPSA) is 108 Å². The first-order valence-electron chi connectivity index (χ1n) is 10.3. The predicted octanol–water partition coefficient (Wildman–Crippen LogP) is 3.60. The summed E-state index contributed by atoms with van der Waals surface area (Å²) in [7, 11) is 0. The average Bonchev–Trinajstić information content (AvgIpc) is 3.32. The number of nitrogens with one attached hydrogen (secondary N) is 1. The fraction of sp³-hybridized carbons (Fsp3) is 0.208. The van der Waals surface area contributed by atoms with Crippen molar-refractivity contribution in [3.05, 3.63) is 77.2 Å². The number of aromatic amines is 1. The zero-order chi connectivity index (χ0) is 21.6. The number of benzene rings is 2. The molecule has 3 N–H and O–H groups in total. The van der Waals surface area contributed by atoms with Crippen molar-refractivity contribution >= 4 is 11.6 Å². The molecule has 1 atom stereocenters. The number of anilines is 1. The number of hydrogen-bond acceptors (Lipinski definition) is 5. The standard InChI is InChI=1S/C24H21N5O2/c1-2-3-13-29-18-12-8-7-11-16(18)24(23(29)30)17(14-25)21(26)31-22-19(24)20(27-28-22)15-9-5-4-6-10-15/h4-12H,2-3,13,26H2,1H3,(H,27,28). The maximum atomic E-state index is 14.2. The first-order chi connectivity index (χ1) is 15.1. The van der Waals surface area contributed by atoms with E-state index in [4.69, 9.17) is 10.5 Å². The number of aromatic nitrogens is 2. The molecule has 0 saturated heterocycles. The Morgan fingerprint density at radius 3 is 2.68 bits per heavy atom. The largest absolute Gasteiger partial charge is 0.420 e. The minimum atomic E-state index is -1.41. The Morgan fingerprint density at radius 2 is 1.94 bits per heavy atom. The van der Waals surface area contributed by atoms with Gasteiger partial charge in [-0.05, 0) is 12.5 Å². The highest BCUT2D eigenvalue weighted by Gasteiger charge is 2.60. The number of ether oxygens (including phenoxy) is 1. The number of H-pyrrole nitrogens is 1. The van der Waals surface area contributed by atoms with Crippen molar-refractivity contribution in [1.82, 2.24) is 10.2 Å². The van der Waals surface area contributed by atoms with Crippen LogP contribution in [0.5, 0.6) is 5.88 Å². The quantitative estimate of drug-likeness (QED) is 0.682. The molecule has 0 saturated carbocycles. The lowest BCUT2D eigenvalue weighted by atomic mass is 9.68. The molecule has 7 heteroatoms. The van der Waals surface area contributed by atoms with Crippen molar-refractivity contribution in [3.8, 4) is 23.2 Å². The van der Waals surface area contributed by atoms with Gasteiger partial charge in [0.2, 0.25) is 17.7 Å². The van der Waals surface area contributed by atoms with E-state index >= 15 is 0 Å². The zero-order valence-corrected chi connectivity index (χ0v) is 17.1. The van der Waals surface area contributed by atoms with Gasteiger partial charge in [-0.15, -0.1) is 5.10 Å². The monoisotopic (exact) mass is 411 g/mol. The smallest absolute Gasteiger partial charge is 0.247 e. The summed E-state index contributed by atoms with van der Waals surface area (Å²) in [5.41, 5.74) is 8.38. The summed E-state index contributed by atoms with van der Waals surface area (Å²) in [6.07, 6.45) is 1.79. The van der Waals surface area contributed by atoms with Crippen molar-refractivity contribution < 1.29 is 9.53 Å². The number of unbranched alkanes of at least 4 members (excludes halogenated alkanes) is 1. The lowest BCUT2D eigenvalue weighted by Gasteiger charge is -2.32. The van der Waals surface area contributed by atoms with Gasteiger partial charge in [-0.3, -0.25) is 9.89 Å². The van der Waals surface area contributed by atoms with Gasteiger partial charge in [0, 0.05) is 23.4 Å². The summed E-state index contributed by atoms with van der Waals surface area (Å²) in [6.45, 7) is 2.64. The number of nitrogens with zero attached hydrogens (tertiary/aromatic N) is 3. The number of rotatable bonds is 4. The van der Waals surface area contributed by atoms with E-state index in [-0.39, 0.29) is 23.2 Å². The van der Waals surface area contributed by atoms with Gasteiger partial charge in [0.25, 0.3) is 0 Å². The third-order valence-corrected chi connectivity index (χ3v) is 6.01. The molecule has 5 rings (SSSR count). The third kappa shape index (κ3) is 2.45. The van der Waals surface area contributed by atoms with Crippen LogP contribution in [0, 0.1) is 11.3 Å². The highest BCUT2D eigenvalue weighted by atomic mass is 16.5. The van der Waals surface area contributed by atoms with Crippen LogP contribution < -0.4 is 15.4 Å². The van der Waals surface area contributed by atoms with E-state index in [2.05, 4.69) is 23.2 Å². The molecule has 0 aliphatic carbocycles. The van der Waals surface area contributed by atoms with Gasteiger partial charge in [0.05, 0.1) is 11.3 Å². The van der Waals surface area contributed by atoms with E-state index in [0.29, 0.717) is 17.8 Å². The fourth-order valence-corrected chi connectivity index (χ4v) is 4.64. The molecule has 1 amide bonds. The van der Waals surface area contributed by atoms with Crippen LogP contribution in [-0.2, 0) is 10.2 Å². The fourth-order valence-electron chi connectivity index (χ4n) is 4.64. The van der Waals surface area contributed by atoms with Gasteiger partial charge in [-0.1, -0.05) is 61.9 Å². The second kappa shape index (κ2) is 7.03. The number of amides is 1. The molecular weight excluding hydrogens is 390 g/mol. The molecule has 154 valence electrons. The SMILES string of the molecule is CCCCN1C(=O)C2(C(C#N)=C(N)Oc3n[nH]c(-c4ccccc4)c32)c2ccccc21. The molecule has 3 aromatic rings. The molecule has 1 spiro atoms. The van der Waals surface area contributed by atoms with Gasteiger partial charge in [0.15, 0.2) is 0 Å². The Bertz CT molecular complexity index is 1250. The Morgan fingerprint density at radius 1 is 1.19 bits per heavy atom. The maximum absolute atomic E-state index is 14.2. The molecular formula is C24H21N5O2. The number of fused-ring (bicyclic) bond motifs is 4. The number of carbonyl (C=O) groups is 1. The normalized spacial score (nSPS) is 19.2.